The molecule has 0 amide bonds. The Bertz CT molecular complexity index is 949. The van der Waals surface area contributed by atoms with Crippen LogP contribution in [0, 0.1) is 0 Å². The Morgan fingerprint density at radius 1 is 1.46 bits per heavy atom. The van der Waals surface area contributed by atoms with Gasteiger partial charge < -0.3 is 9.14 Å². The van der Waals surface area contributed by atoms with E-state index in [-0.39, 0.29) is 12.5 Å². The molecule has 0 aliphatic carbocycles. The van der Waals surface area contributed by atoms with E-state index in [0.717, 1.165) is 22.3 Å². The second-order valence-electron chi connectivity index (χ2n) is 5.25. The molecule has 122 valence electrons. The molecule has 0 aliphatic heterocycles. The smallest absolute Gasteiger partial charge is 0.340 e. The van der Waals surface area contributed by atoms with Crippen molar-refractivity contribution in [1.82, 2.24) is 14.2 Å². The summed E-state index contributed by atoms with van der Waals surface area (Å²) in [5.74, 6) is -0.378. The summed E-state index contributed by atoms with van der Waals surface area (Å²) in [5.41, 5.74) is 12.2. The Morgan fingerprint density at radius 3 is 2.96 bits per heavy atom. The fraction of sp³-hybridized carbons (Fsp3) is 0.250. The molecular formula is C16H16N6O2. The standard InChI is InChI=1S/C16H16N6O2/c1-3-24-16(23)14-7-13-6-11(8-18-20-17)4-5-22(13)15(14)12-9-19-21(2)10-12/h4-7,9-10H,3,8H2,1-2H3. The van der Waals surface area contributed by atoms with E-state index < -0.39 is 0 Å². The molecule has 0 saturated heterocycles. The predicted molar refractivity (Wildman–Crippen MR) is 88.4 cm³/mol. The summed E-state index contributed by atoms with van der Waals surface area (Å²) in [6.45, 7) is 2.34. The summed E-state index contributed by atoms with van der Waals surface area (Å²) in [7, 11) is 1.82. The molecule has 0 fully saturated rings. The van der Waals surface area contributed by atoms with Crippen molar-refractivity contribution in [2.45, 2.75) is 13.5 Å². The van der Waals surface area contributed by atoms with Crippen molar-refractivity contribution in [2.24, 2.45) is 12.2 Å². The number of fused-ring (bicyclic) bond motifs is 1. The Kier molecular flexibility index (Phi) is 4.22. The van der Waals surface area contributed by atoms with Gasteiger partial charge in [0.15, 0.2) is 0 Å². The highest BCUT2D eigenvalue weighted by atomic mass is 16.5. The first-order valence-corrected chi connectivity index (χ1v) is 7.45. The Morgan fingerprint density at radius 2 is 2.29 bits per heavy atom. The molecule has 0 N–H and O–H groups in total. The average Bonchev–Trinajstić information content (AvgIpc) is 3.15. The van der Waals surface area contributed by atoms with Crippen LogP contribution >= 0.6 is 0 Å². The molecule has 0 aliphatic rings. The van der Waals surface area contributed by atoms with Crippen LogP contribution in [0.15, 0.2) is 41.9 Å². The number of ether oxygens (including phenoxy) is 1. The van der Waals surface area contributed by atoms with E-state index in [1.165, 1.54) is 0 Å². The fourth-order valence-corrected chi connectivity index (χ4v) is 2.64. The van der Waals surface area contributed by atoms with E-state index in [9.17, 15) is 4.79 Å². The topological polar surface area (TPSA) is 97.3 Å². The number of hydrogen-bond donors (Lipinski definition) is 0. The minimum absolute atomic E-state index is 0.259. The molecule has 0 radical (unpaired) electrons. The third-order valence-electron chi connectivity index (χ3n) is 3.63. The van der Waals surface area contributed by atoms with E-state index in [4.69, 9.17) is 10.3 Å². The second-order valence-corrected chi connectivity index (χ2v) is 5.25. The minimum Gasteiger partial charge on any atom is -0.462 e. The molecule has 0 unspecified atom stereocenters. The summed E-state index contributed by atoms with van der Waals surface area (Å²) in [5, 5.41) is 7.75. The molecule has 0 spiro atoms. The van der Waals surface area contributed by atoms with Crippen LogP contribution in [0.5, 0.6) is 0 Å². The number of aromatic nitrogens is 3. The van der Waals surface area contributed by atoms with Gasteiger partial charge in [-0.05, 0) is 36.2 Å². The summed E-state index contributed by atoms with van der Waals surface area (Å²) in [4.78, 5) is 15.1. The summed E-state index contributed by atoms with van der Waals surface area (Å²) >= 11 is 0. The Hall–Kier alpha value is -3.25. The second kappa shape index (κ2) is 6.47. The van der Waals surface area contributed by atoms with Gasteiger partial charge in [0, 0.05) is 35.4 Å². The van der Waals surface area contributed by atoms with Crippen LogP contribution in [0.1, 0.15) is 22.8 Å². The summed E-state index contributed by atoms with van der Waals surface area (Å²) < 4.78 is 8.76. The van der Waals surface area contributed by atoms with Crippen LogP contribution in [0.3, 0.4) is 0 Å². The van der Waals surface area contributed by atoms with Gasteiger partial charge in [-0.25, -0.2) is 4.79 Å². The lowest BCUT2D eigenvalue weighted by Crippen LogP contribution is -2.05. The van der Waals surface area contributed by atoms with E-state index in [1.807, 2.05) is 36.0 Å². The minimum atomic E-state index is -0.378. The highest BCUT2D eigenvalue weighted by molar-refractivity contribution is 5.99. The van der Waals surface area contributed by atoms with Crippen molar-refractivity contribution in [2.75, 3.05) is 6.61 Å². The highest BCUT2D eigenvalue weighted by Crippen LogP contribution is 2.28. The van der Waals surface area contributed by atoms with Crippen molar-refractivity contribution in [3.05, 3.63) is 58.4 Å². The van der Waals surface area contributed by atoms with Crippen molar-refractivity contribution in [1.29, 1.82) is 0 Å². The van der Waals surface area contributed by atoms with E-state index >= 15 is 0 Å². The van der Waals surface area contributed by atoms with Crippen LogP contribution in [0.25, 0.3) is 27.2 Å². The molecule has 0 aromatic carbocycles. The zero-order chi connectivity index (χ0) is 17.1. The van der Waals surface area contributed by atoms with Crippen LogP contribution in [-0.2, 0) is 18.3 Å². The number of azide groups is 1. The van der Waals surface area contributed by atoms with E-state index in [0.29, 0.717) is 12.2 Å². The third-order valence-corrected chi connectivity index (χ3v) is 3.63. The lowest BCUT2D eigenvalue weighted by molar-refractivity contribution is 0.0527. The molecule has 3 heterocycles. The maximum atomic E-state index is 12.3. The number of esters is 1. The van der Waals surface area contributed by atoms with Gasteiger partial charge in [0.25, 0.3) is 0 Å². The van der Waals surface area contributed by atoms with Gasteiger partial charge in [0.2, 0.25) is 0 Å². The molecule has 0 bridgehead atoms. The van der Waals surface area contributed by atoms with Crippen molar-refractivity contribution < 1.29 is 9.53 Å². The Labute approximate surface area is 137 Å². The average molecular weight is 324 g/mol. The van der Waals surface area contributed by atoms with Crippen LogP contribution in [0.4, 0.5) is 0 Å². The third kappa shape index (κ3) is 2.82. The number of carbonyl (C=O) groups is 1. The van der Waals surface area contributed by atoms with Gasteiger partial charge in [-0.15, -0.1) is 0 Å². The summed E-state index contributed by atoms with van der Waals surface area (Å²) in [6, 6.07) is 5.52. The van der Waals surface area contributed by atoms with Gasteiger partial charge in [0.05, 0.1) is 30.6 Å². The van der Waals surface area contributed by atoms with Crippen LogP contribution < -0.4 is 0 Å². The SMILES string of the molecule is CCOC(=O)c1cc2cc(CN=[N+]=[N-])ccn2c1-c1cnn(C)c1. The molecule has 3 rings (SSSR count). The molecule has 3 aromatic heterocycles. The maximum absolute atomic E-state index is 12.3. The van der Waals surface area contributed by atoms with E-state index in [2.05, 4.69) is 15.1 Å². The normalized spacial score (nSPS) is 10.6. The first-order chi connectivity index (χ1) is 11.6. The van der Waals surface area contributed by atoms with Gasteiger partial charge in [-0.2, -0.15) is 5.10 Å². The van der Waals surface area contributed by atoms with Crippen LogP contribution in [0.2, 0.25) is 0 Å². The quantitative estimate of drug-likeness (QED) is 0.311. The van der Waals surface area contributed by atoms with Crippen molar-refractivity contribution in [3.8, 4) is 11.3 Å². The molecule has 3 aromatic rings. The number of hydrogen-bond acceptors (Lipinski definition) is 4. The monoisotopic (exact) mass is 324 g/mol. The molecule has 24 heavy (non-hydrogen) atoms. The van der Waals surface area contributed by atoms with Gasteiger partial charge in [-0.3, -0.25) is 4.68 Å². The Balaban J connectivity index is 2.19. The van der Waals surface area contributed by atoms with Crippen LogP contribution in [-0.4, -0.2) is 26.8 Å². The zero-order valence-electron chi connectivity index (χ0n) is 13.4. The van der Waals surface area contributed by atoms with Gasteiger partial charge >= 0.3 is 5.97 Å². The summed E-state index contributed by atoms with van der Waals surface area (Å²) in [6.07, 6.45) is 5.40. The predicted octanol–water partition coefficient (Wildman–Crippen LogP) is 3.33. The molecule has 0 saturated carbocycles. The molecule has 0 atom stereocenters. The first-order valence-electron chi connectivity index (χ1n) is 7.45. The largest absolute Gasteiger partial charge is 0.462 e. The van der Waals surface area contributed by atoms with Gasteiger partial charge in [0.1, 0.15) is 0 Å². The number of rotatable bonds is 5. The van der Waals surface area contributed by atoms with Crippen molar-refractivity contribution in [3.63, 3.8) is 0 Å². The van der Waals surface area contributed by atoms with Crippen molar-refractivity contribution >= 4 is 11.5 Å². The molecule has 8 heteroatoms. The number of carbonyl (C=O) groups excluding carboxylic acids is 1. The number of nitrogens with zero attached hydrogens (tertiary/aromatic N) is 6. The molecular weight excluding hydrogens is 308 g/mol. The lowest BCUT2D eigenvalue weighted by atomic mass is 10.1. The fourth-order valence-electron chi connectivity index (χ4n) is 2.64. The molecule has 8 nitrogen and oxygen atoms in total. The first kappa shape index (κ1) is 15.6. The van der Waals surface area contributed by atoms with E-state index in [1.54, 1.807) is 23.9 Å². The highest BCUT2D eigenvalue weighted by Gasteiger charge is 2.20. The number of aryl methyl sites for hydroxylation is 1. The zero-order valence-corrected chi connectivity index (χ0v) is 13.4. The lowest BCUT2D eigenvalue weighted by Gasteiger charge is -2.05. The van der Waals surface area contributed by atoms with Gasteiger partial charge in [-0.1, -0.05) is 5.11 Å². The number of pyridine rings is 1. The maximum Gasteiger partial charge on any atom is 0.340 e.